The van der Waals surface area contributed by atoms with E-state index in [9.17, 15) is 14.0 Å². The predicted molar refractivity (Wildman–Crippen MR) is 84.2 cm³/mol. The maximum atomic E-state index is 13.8. The summed E-state index contributed by atoms with van der Waals surface area (Å²) in [6, 6.07) is 5.40. The first kappa shape index (κ1) is 15.1. The highest BCUT2D eigenvalue weighted by atomic mass is 32.1. The van der Waals surface area contributed by atoms with Crippen LogP contribution in [-0.2, 0) is 7.05 Å². The van der Waals surface area contributed by atoms with E-state index in [1.807, 2.05) is 0 Å². The number of nitriles is 1. The summed E-state index contributed by atoms with van der Waals surface area (Å²) >= 11 is 1.23. The summed E-state index contributed by atoms with van der Waals surface area (Å²) in [7, 11) is 1.78. The van der Waals surface area contributed by atoms with Gasteiger partial charge in [0.25, 0.3) is 0 Å². The van der Waals surface area contributed by atoms with Crippen molar-refractivity contribution in [3.63, 3.8) is 0 Å². The van der Waals surface area contributed by atoms with Crippen LogP contribution in [-0.4, -0.2) is 14.8 Å². The summed E-state index contributed by atoms with van der Waals surface area (Å²) in [6.07, 6.45) is 5.06. The average Bonchev–Trinajstić information content (AvgIpc) is 3.14. The molecule has 2 aromatic heterocycles. The second-order valence-electron chi connectivity index (χ2n) is 4.78. The van der Waals surface area contributed by atoms with Crippen LogP contribution >= 0.6 is 11.3 Å². The third-order valence-electron chi connectivity index (χ3n) is 3.10. The molecule has 0 unspecified atom stereocenters. The Morgan fingerprint density at radius 1 is 1.39 bits per heavy atom. The zero-order valence-corrected chi connectivity index (χ0v) is 12.8. The van der Waals surface area contributed by atoms with E-state index in [1.165, 1.54) is 23.5 Å². The van der Waals surface area contributed by atoms with Crippen molar-refractivity contribution in [2.45, 2.75) is 0 Å². The fourth-order valence-corrected chi connectivity index (χ4v) is 2.83. The highest BCUT2D eigenvalue weighted by Crippen LogP contribution is 2.28. The van der Waals surface area contributed by atoms with Crippen molar-refractivity contribution < 1.29 is 8.78 Å². The smallest absolute Gasteiger partial charge is 0.135 e. The number of benzene rings is 1. The topological polar surface area (TPSA) is 54.5 Å². The fourth-order valence-electron chi connectivity index (χ4n) is 2.04. The Morgan fingerprint density at radius 3 is 2.87 bits per heavy atom. The Bertz CT molecular complexity index is 934. The van der Waals surface area contributed by atoms with Crippen molar-refractivity contribution >= 4 is 23.0 Å². The molecule has 3 rings (SSSR count). The Morgan fingerprint density at radius 2 is 2.22 bits per heavy atom. The summed E-state index contributed by atoms with van der Waals surface area (Å²) in [5, 5.41) is 15.5. The Labute approximate surface area is 135 Å². The summed E-state index contributed by atoms with van der Waals surface area (Å²) in [5.74, 6) is -1.33. The number of allylic oxidation sites excluding steroid dienone is 1. The largest absolute Gasteiger partial charge is 0.275 e. The molecule has 0 amide bonds. The van der Waals surface area contributed by atoms with Gasteiger partial charge in [-0.3, -0.25) is 4.68 Å². The quantitative estimate of drug-likeness (QED) is 0.686. The molecule has 23 heavy (non-hydrogen) atoms. The van der Waals surface area contributed by atoms with Crippen molar-refractivity contribution in [3.8, 4) is 17.3 Å². The highest BCUT2D eigenvalue weighted by molar-refractivity contribution is 7.11. The van der Waals surface area contributed by atoms with Crippen LogP contribution in [0.25, 0.3) is 22.9 Å². The maximum Gasteiger partial charge on any atom is 0.135 e. The lowest BCUT2D eigenvalue weighted by Gasteiger charge is -1.99. The van der Waals surface area contributed by atoms with Crippen molar-refractivity contribution in [1.29, 1.82) is 5.26 Å². The molecule has 0 spiro atoms. The second kappa shape index (κ2) is 6.10. The number of halogens is 2. The lowest BCUT2D eigenvalue weighted by Crippen LogP contribution is -1.87. The number of aromatic nitrogens is 3. The highest BCUT2D eigenvalue weighted by Gasteiger charge is 2.13. The van der Waals surface area contributed by atoms with E-state index in [2.05, 4.69) is 16.2 Å². The molecular formula is C16H10F2N4S. The summed E-state index contributed by atoms with van der Waals surface area (Å²) in [6.45, 7) is 0. The lowest BCUT2D eigenvalue weighted by atomic mass is 10.1. The minimum Gasteiger partial charge on any atom is -0.275 e. The molecule has 0 saturated heterocycles. The van der Waals surface area contributed by atoms with E-state index in [-0.39, 0.29) is 5.56 Å². The summed E-state index contributed by atoms with van der Waals surface area (Å²) in [5.41, 5.74) is 1.70. The molecule has 0 aliphatic heterocycles. The van der Waals surface area contributed by atoms with E-state index >= 15 is 0 Å². The summed E-state index contributed by atoms with van der Waals surface area (Å²) < 4.78 is 28.4. The molecule has 1 aromatic carbocycles. The van der Waals surface area contributed by atoms with Crippen molar-refractivity contribution in [1.82, 2.24) is 14.8 Å². The van der Waals surface area contributed by atoms with Gasteiger partial charge in [-0.05, 0) is 18.2 Å². The van der Waals surface area contributed by atoms with Crippen LogP contribution in [0.1, 0.15) is 10.6 Å². The number of hydrogen-bond donors (Lipinski definition) is 0. The van der Waals surface area contributed by atoms with Crippen LogP contribution in [0.2, 0.25) is 0 Å². The van der Waals surface area contributed by atoms with Crippen LogP contribution < -0.4 is 0 Å². The van der Waals surface area contributed by atoms with Gasteiger partial charge >= 0.3 is 0 Å². The molecule has 0 aliphatic carbocycles. The lowest BCUT2D eigenvalue weighted by molar-refractivity contribution is 0.585. The maximum absolute atomic E-state index is 13.8. The Hall–Kier alpha value is -2.85. The number of hydrogen-bond acceptors (Lipinski definition) is 4. The molecule has 114 valence electrons. The molecule has 0 N–H and O–H groups in total. The molecule has 4 nitrogen and oxygen atoms in total. The van der Waals surface area contributed by atoms with E-state index < -0.39 is 11.6 Å². The van der Waals surface area contributed by atoms with Gasteiger partial charge in [-0.1, -0.05) is 0 Å². The minimum absolute atomic E-state index is 0.201. The SMILES string of the molecule is Cn1cc(C=C(C#N)c2nc(-c3ccc(F)cc3F)cs2)cn1. The van der Waals surface area contributed by atoms with Crippen LogP contribution in [0, 0.1) is 23.0 Å². The molecule has 0 radical (unpaired) electrons. The molecule has 0 atom stereocenters. The number of thiazole rings is 1. The Balaban J connectivity index is 1.97. The molecule has 0 aliphatic rings. The van der Waals surface area contributed by atoms with Gasteiger partial charge in [0.15, 0.2) is 0 Å². The molecule has 0 bridgehead atoms. The van der Waals surface area contributed by atoms with Crippen LogP contribution in [0.3, 0.4) is 0 Å². The zero-order chi connectivity index (χ0) is 16.4. The van der Waals surface area contributed by atoms with Crippen molar-refractivity contribution in [3.05, 3.63) is 58.2 Å². The van der Waals surface area contributed by atoms with E-state index in [1.54, 1.807) is 35.6 Å². The first-order valence-corrected chi connectivity index (χ1v) is 7.46. The zero-order valence-electron chi connectivity index (χ0n) is 12.0. The molecular weight excluding hydrogens is 318 g/mol. The standard InChI is InChI=1S/C16H10F2N4S/c1-22-8-10(7-20-22)4-11(6-19)16-21-15(9-23-16)13-3-2-12(17)5-14(13)18/h2-5,7-9H,1H3. The molecule has 2 heterocycles. The first-order chi connectivity index (χ1) is 11.1. The normalized spacial score (nSPS) is 11.5. The van der Waals surface area contributed by atoms with Gasteiger partial charge in [0.2, 0.25) is 0 Å². The molecule has 7 heteroatoms. The van der Waals surface area contributed by atoms with Gasteiger partial charge in [-0.15, -0.1) is 11.3 Å². The van der Waals surface area contributed by atoms with Gasteiger partial charge in [0.1, 0.15) is 22.7 Å². The number of rotatable bonds is 3. The Kier molecular flexibility index (Phi) is 4.00. The van der Waals surface area contributed by atoms with Crippen LogP contribution in [0.5, 0.6) is 0 Å². The second-order valence-corrected chi connectivity index (χ2v) is 5.64. The van der Waals surface area contributed by atoms with Gasteiger partial charge in [0.05, 0.1) is 17.5 Å². The summed E-state index contributed by atoms with van der Waals surface area (Å²) in [4.78, 5) is 4.28. The number of aryl methyl sites for hydroxylation is 1. The third kappa shape index (κ3) is 3.17. The van der Waals surface area contributed by atoms with Crippen molar-refractivity contribution in [2.24, 2.45) is 7.05 Å². The van der Waals surface area contributed by atoms with E-state index in [4.69, 9.17) is 0 Å². The molecule has 0 saturated carbocycles. The monoisotopic (exact) mass is 328 g/mol. The molecule has 3 aromatic rings. The average molecular weight is 328 g/mol. The van der Waals surface area contributed by atoms with Crippen molar-refractivity contribution in [2.75, 3.05) is 0 Å². The van der Waals surface area contributed by atoms with Gasteiger partial charge in [-0.25, -0.2) is 13.8 Å². The van der Waals surface area contributed by atoms with Gasteiger partial charge in [-0.2, -0.15) is 10.4 Å². The van der Waals surface area contributed by atoms with E-state index in [0.717, 1.165) is 11.6 Å². The fraction of sp³-hybridized carbons (Fsp3) is 0.0625. The molecule has 0 fully saturated rings. The predicted octanol–water partition coefficient (Wildman–Crippen LogP) is 3.89. The third-order valence-corrected chi connectivity index (χ3v) is 3.97. The van der Waals surface area contributed by atoms with E-state index in [0.29, 0.717) is 16.3 Å². The number of nitrogens with zero attached hydrogens (tertiary/aromatic N) is 4. The van der Waals surface area contributed by atoms with Crippen LogP contribution in [0.15, 0.2) is 36.0 Å². The van der Waals surface area contributed by atoms with Gasteiger partial charge < -0.3 is 0 Å². The minimum atomic E-state index is -0.684. The van der Waals surface area contributed by atoms with Crippen LogP contribution in [0.4, 0.5) is 8.78 Å². The van der Waals surface area contributed by atoms with Gasteiger partial charge in [0, 0.05) is 35.8 Å². The first-order valence-electron chi connectivity index (χ1n) is 6.58.